The van der Waals surface area contributed by atoms with Gasteiger partial charge in [0.05, 0.1) is 5.69 Å². The molecule has 0 saturated heterocycles. The Hall–Kier alpha value is -0.940. The molecular weight excluding hydrogens is 349 g/mol. The van der Waals surface area contributed by atoms with E-state index in [2.05, 4.69) is 22.6 Å². The SMILES string of the molecule is Cc1cc(Oc2ccc(I)cc2N)ccc1Cl. The Morgan fingerprint density at radius 2 is 1.94 bits per heavy atom. The Bertz CT molecular complexity index is 557. The van der Waals surface area contributed by atoms with E-state index < -0.39 is 0 Å². The van der Waals surface area contributed by atoms with Crippen LogP contribution in [0.5, 0.6) is 11.5 Å². The normalized spacial score (nSPS) is 10.3. The van der Waals surface area contributed by atoms with Crippen LogP contribution in [-0.4, -0.2) is 0 Å². The molecule has 2 aromatic carbocycles. The lowest BCUT2D eigenvalue weighted by molar-refractivity contribution is 0.484. The summed E-state index contributed by atoms with van der Waals surface area (Å²) in [5, 5.41) is 0.730. The van der Waals surface area contributed by atoms with Gasteiger partial charge in [-0.25, -0.2) is 0 Å². The maximum atomic E-state index is 5.95. The van der Waals surface area contributed by atoms with Crippen molar-refractivity contribution in [2.24, 2.45) is 0 Å². The molecule has 2 N–H and O–H groups in total. The number of ether oxygens (including phenoxy) is 1. The van der Waals surface area contributed by atoms with Crippen molar-refractivity contribution in [1.82, 2.24) is 0 Å². The van der Waals surface area contributed by atoms with Crippen LogP contribution < -0.4 is 10.5 Å². The Kier molecular flexibility index (Phi) is 3.79. The molecule has 2 rings (SSSR count). The molecular formula is C13H11ClINO. The van der Waals surface area contributed by atoms with Gasteiger partial charge in [-0.05, 0) is 71.5 Å². The van der Waals surface area contributed by atoms with E-state index in [1.54, 1.807) is 0 Å². The minimum atomic E-state index is 0.629. The third-order valence-corrected chi connectivity index (χ3v) is 3.42. The number of rotatable bonds is 2. The van der Waals surface area contributed by atoms with Crippen molar-refractivity contribution in [3.05, 3.63) is 50.6 Å². The molecule has 0 unspecified atom stereocenters. The second-order valence-electron chi connectivity index (χ2n) is 3.70. The summed E-state index contributed by atoms with van der Waals surface area (Å²) in [6.45, 7) is 1.94. The average molecular weight is 360 g/mol. The molecule has 0 aliphatic carbocycles. The van der Waals surface area contributed by atoms with Crippen LogP contribution in [0.25, 0.3) is 0 Å². The fourth-order valence-electron chi connectivity index (χ4n) is 1.42. The fraction of sp³-hybridized carbons (Fsp3) is 0.0769. The highest BCUT2D eigenvalue weighted by molar-refractivity contribution is 14.1. The van der Waals surface area contributed by atoms with Crippen molar-refractivity contribution in [3.8, 4) is 11.5 Å². The lowest BCUT2D eigenvalue weighted by atomic mass is 10.2. The lowest BCUT2D eigenvalue weighted by Crippen LogP contribution is -1.93. The molecule has 0 aliphatic rings. The Morgan fingerprint density at radius 3 is 2.59 bits per heavy atom. The molecule has 0 atom stereocenters. The van der Waals surface area contributed by atoms with Gasteiger partial charge < -0.3 is 10.5 Å². The lowest BCUT2D eigenvalue weighted by Gasteiger charge is -2.09. The summed E-state index contributed by atoms with van der Waals surface area (Å²) in [5.74, 6) is 1.40. The summed E-state index contributed by atoms with van der Waals surface area (Å²) in [7, 11) is 0. The van der Waals surface area contributed by atoms with Gasteiger partial charge >= 0.3 is 0 Å². The molecule has 17 heavy (non-hydrogen) atoms. The fourth-order valence-corrected chi connectivity index (χ4v) is 2.05. The van der Waals surface area contributed by atoms with Gasteiger partial charge in [-0.2, -0.15) is 0 Å². The zero-order valence-electron chi connectivity index (χ0n) is 9.21. The van der Waals surface area contributed by atoms with Gasteiger partial charge in [0.1, 0.15) is 11.5 Å². The molecule has 4 heteroatoms. The zero-order valence-corrected chi connectivity index (χ0v) is 12.1. The number of hydrogen-bond donors (Lipinski definition) is 1. The quantitative estimate of drug-likeness (QED) is 0.627. The molecule has 0 spiro atoms. The molecule has 0 radical (unpaired) electrons. The van der Waals surface area contributed by atoms with Crippen molar-refractivity contribution in [1.29, 1.82) is 0 Å². The van der Waals surface area contributed by atoms with E-state index in [4.69, 9.17) is 22.1 Å². The van der Waals surface area contributed by atoms with Gasteiger partial charge in [-0.15, -0.1) is 0 Å². The molecule has 2 nitrogen and oxygen atoms in total. The molecule has 0 aromatic heterocycles. The Labute approximate surface area is 119 Å². The van der Waals surface area contributed by atoms with Crippen LogP contribution in [0.3, 0.4) is 0 Å². The average Bonchev–Trinajstić information content (AvgIpc) is 2.27. The van der Waals surface area contributed by atoms with Crippen molar-refractivity contribution in [3.63, 3.8) is 0 Å². The van der Waals surface area contributed by atoms with Crippen LogP contribution in [0.4, 0.5) is 5.69 Å². The number of halogens is 2. The molecule has 0 aliphatic heterocycles. The number of hydrogen-bond acceptors (Lipinski definition) is 2. The van der Waals surface area contributed by atoms with Crippen molar-refractivity contribution >= 4 is 39.9 Å². The minimum Gasteiger partial charge on any atom is -0.455 e. The summed E-state index contributed by atoms with van der Waals surface area (Å²) in [6, 6.07) is 11.2. The first kappa shape index (κ1) is 12.5. The van der Waals surface area contributed by atoms with Crippen LogP contribution in [0, 0.1) is 10.5 Å². The van der Waals surface area contributed by atoms with E-state index in [1.807, 2.05) is 43.3 Å². The van der Waals surface area contributed by atoms with Crippen molar-refractivity contribution in [2.45, 2.75) is 6.92 Å². The highest BCUT2D eigenvalue weighted by Gasteiger charge is 2.04. The maximum absolute atomic E-state index is 5.95. The third-order valence-electron chi connectivity index (χ3n) is 2.33. The molecule has 2 aromatic rings. The number of benzene rings is 2. The summed E-state index contributed by atoms with van der Waals surface area (Å²) < 4.78 is 6.80. The highest BCUT2D eigenvalue weighted by atomic mass is 127. The third kappa shape index (κ3) is 3.04. The van der Waals surface area contributed by atoms with Gasteiger partial charge in [0, 0.05) is 8.59 Å². The largest absolute Gasteiger partial charge is 0.455 e. The molecule has 0 saturated carbocycles. The number of anilines is 1. The molecule has 88 valence electrons. The first-order valence-corrected chi connectivity index (χ1v) is 6.51. The molecule has 0 bridgehead atoms. The summed E-state index contributed by atoms with van der Waals surface area (Å²) >= 11 is 8.16. The standard InChI is InChI=1S/C13H11ClINO/c1-8-6-10(3-4-11(8)14)17-13-5-2-9(15)7-12(13)16/h2-7H,16H2,1H3. The topological polar surface area (TPSA) is 35.2 Å². The first-order chi connectivity index (χ1) is 8.06. The van der Waals surface area contributed by atoms with Crippen molar-refractivity contribution in [2.75, 3.05) is 5.73 Å². The summed E-state index contributed by atoms with van der Waals surface area (Å²) in [4.78, 5) is 0. The van der Waals surface area contributed by atoms with Crippen LogP contribution >= 0.6 is 34.2 Å². The van der Waals surface area contributed by atoms with Gasteiger partial charge in [-0.3, -0.25) is 0 Å². The van der Waals surface area contributed by atoms with Gasteiger partial charge in [0.2, 0.25) is 0 Å². The van der Waals surface area contributed by atoms with Crippen LogP contribution in [0.2, 0.25) is 5.02 Å². The van der Waals surface area contributed by atoms with E-state index in [1.165, 1.54) is 0 Å². The van der Waals surface area contributed by atoms with Crippen LogP contribution in [-0.2, 0) is 0 Å². The number of nitrogen functional groups attached to an aromatic ring is 1. The monoisotopic (exact) mass is 359 g/mol. The van der Waals surface area contributed by atoms with Gasteiger partial charge in [0.25, 0.3) is 0 Å². The van der Waals surface area contributed by atoms with E-state index in [0.29, 0.717) is 11.4 Å². The van der Waals surface area contributed by atoms with Crippen molar-refractivity contribution < 1.29 is 4.74 Å². The number of nitrogens with two attached hydrogens (primary N) is 1. The molecule has 0 heterocycles. The minimum absolute atomic E-state index is 0.629. The highest BCUT2D eigenvalue weighted by Crippen LogP contribution is 2.30. The smallest absolute Gasteiger partial charge is 0.150 e. The summed E-state index contributed by atoms with van der Waals surface area (Å²) in [5.41, 5.74) is 7.49. The zero-order chi connectivity index (χ0) is 12.4. The van der Waals surface area contributed by atoms with Gasteiger partial charge in [0.15, 0.2) is 0 Å². The van der Waals surface area contributed by atoms with E-state index >= 15 is 0 Å². The van der Waals surface area contributed by atoms with Crippen LogP contribution in [0.1, 0.15) is 5.56 Å². The molecule has 0 fully saturated rings. The van der Waals surface area contributed by atoms with Crippen LogP contribution in [0.15, 0.2) is 36.4 Å². The van der Waals surface area contributed by atoms with E-state index in [9.17, 15) is 0 Å². The number of aryl methyl sites for hydroxylation is 1. The predicted molar refractivity (Wildman–Crippen MR) is 79.8 cm³/mol. The van der Waals surface area contributed by atoms with E-state index in [-0.39, 0.29) is 0 Å². The second kappa shape index (κ2) is 5.14. The Balaban J connectivity index is 2.28. The predicted octanol–water partition coefficient (Wildman–Crippen LogP) is 4.63. The van der Waals surface area contributed by atoms with Gasteiger partial charge in [-0.1, -0.05) is 11.6 Å². The maximum Gasteiger partial charge on any atom is 0.150 e. The Morgan fingerprint density at radius 1 is 1.18 bits per heavy atom. The summed E-state index contributed by atoms with van der Waals surface area (Å²) in [6.07, 6.45) is 0. The van der Waals surface area contributed by atoms with E-state index in [0.717, 1.165) is 19.9 Å². The second-order valence-corrected chi connectivity index (χ2v) is 5.35. The molecule has 0 amide bonds. The first-order valence-electron chi connectivity index (χ1n) is 5.05.